The third-order valence-corrected chi connectivity index (χ3v) is 7.57. The molecule has 1 aliphatic rings. The second kappa shape index (κ2) is 8.07. The molecular formula is C21H39N3O3S. The first kappa shape index (κ1) is 23.4. The molecule has 0 N–H and O–H groups in total. The number of rotatable bonds is 7. The number of sulfonamides is 1. The molecule has 0 aromatic carbocycles. The average molecular weight is 414 g/mol. The molecular weight excluding hydrogens is 374 g/mol. The smallest absolute Gasteiger partial charge is 0.249 e. The molecule has 1 fully saturated rings. The van der Waals surface area contributed by atoms with Crippen molar-refractivity contribution in [2.75, 3.05) is 6.61 Å². The Bertz CT molecular complexity index is 777. The molecule has 1 saturated heterocycles. The van der Waals surface area contributed by atoms with Crippen LogP contribution in [0.2, 0.25) is 0 Å². The molecule has 0 bridgehead atoms. The summed E-state index contributed by atoms with van der Waals surface area (Å²) in [5.74, 6) is 0.486. The Morgan fingerprint density at radius 2 is 1.89 bits per heavy atom. The van der Waals surface area contributed by atoms with Crippen molar-refractivity contribution < 1.29 is 13.2 Å². The third kappa shape index (κ3) is 4.46. The lowest BCUT2D eigenvalue weighted by atomic mass is 9.92. The molecule has 28 heavy (non-hydrogen) atoms. The zero-order valence-electron chi connectivity index (χ0n) is 19.1. The fourth-order valence-electron chi connectivity index (χ4n) is 3.72. The standard InChI is InChI=1S/C21H39N3O3S/c1-10-17-14-27-21(9,12-11-15(2)3)24(17)28(25,26)18-13-23(16(4)5)22-19(18)20(6,7)8/h13,15-17H,10-12,14H2,1-9H3. The molecule has 1 aromatic rings. The van der Waals surface area contributed by atoms with Crippen LogP contribution in [-0.2, 0) is 20.2 Å². The predicted molar refractivity (Wildman–Crippen MR) is 113 cm³/mol. The first-order chi connectivity index (χ1) is 12.7. The van der Waals surface area contributed by atoms with Crippen LogP contribution in [0, 0.1) is 5.92 Å². The largest absolute Gasteiger partial charge is 0.358 e. The second-order valence-electron chi connectivity index (χ2n) is 9.95. The molecule has 2 unspecified atom stereocenters. The van der Waals surface area contributed by atoms with E-state index in [2.05, 4.69) is 18.9 Å². The summed E-state index contributed by atoms with van der Waals surface area (Å²) in [6, 6.07) is -0.0634. The van der Waals surface area contributed by atoms with Gasteiger partial charge in [-0.05, 0) is 46.0 Å². The molecule has 7 heteroatoms. The van der Waals surface area contributed by atoms with Crippen LogP contribution in [-0.4, -0.2) is 40.9 Å². The molecule has 0 amide bonds. The predicted octanol–water partition coefficient (Wildman–Crippen LogP) is 4.71. The summed E-state index contributed by atoms with van der Waals surface area (Å²) in [6.45, 7) is 18.7. The van der Waals surface area contributed by atoms with Gasteiger partial charge in [-0.25, -0.2) is 8.42 Å². The Balaban J connectivity index is 2.60. The topological polar surface area (TPSA) is 64.4 Å². The molecule has 1 aromatic heterocycles. The maximum absolute atomic E-state index is 14.0. The van der Waals surface area contributed by atoms with E-state index < -0.39 is 15.7 Å². The zero-order valence-corrected chi connectivity index (χ0v) is 19.9. The van der Waals surface area contributed by atoms with E-state index in [1.165, 1.54) is 0 Å². The Hall–Kier alpha value is -0.920. The number of hydrogen-bond donors (Lipinski definition) is 0. The highest BCUT2D eigenvalue weighted by Gasteiger charge is 2.51. The van der Waals surface area contributed by atoms with Gasteiger partial charge in [-0.15, -0.1) is 0 Å². The van der Waals surface area contributed by atoms with E-state index in [0.29, 0.717) is 29.5 Å². The maximum atomic E-state index is 14.0. The lowest BCUT2D eigenvalue weighted by molar-refractivity contribution is -0.0434. The number of nitrogens with zero attached hydrogens (tertiary/aromatic N) is 3. The van der Waals surface area contributed by atoms with Crippen molar-refractivity contribution in [3.05, 3.63) is 11.9 Å². The maximum Gasteiger partial charge on any atom is 0.249 e. The molecule has 0 radical (unpaired) electrons. The highest BCUT2D eigenvalue weighted by Crippen LogP contribution is 2.41. The van der Waals surface area contributed by atoms with Gasteiger partial charge in [0.25, 0.3) is 0 Å². The summed E-state index contributed by atoms with van der Waals surface area (Å²) in [7, 11) is -3.76. The van der Waals surface area contributed by atoms with Gasteiger partial charge < -0.3 is 4.74 Å². The fraction of sp³-hybridized carbons (Fsp3) is 0.857. The third-order valence-electron chi connectivity index (χ3n) is 5.52. The Labute approximate surface area is 171 Å². The molecule has 2 rings (SSSR count). The highest BCUT2D eigenvalue weighted by molar-refractivity contribution is 7.89. The van der Waals surface area contributed by atoms with E-state index in [1.54, 1.807) is 15.2 Å². The van der Waals surface area contributed by atoms with Crippen LogP contribution in [0.3, 0.4) is 0 Å². The minimum absolute atomic E-state index is 0.0918. The van der Waals surface area contributed by atoms with E-state index in [9.17, 15) is 8.42 Å². The van der Waals surface area contributed by atoms with E-state index in [0.717, 1.165) is 12.8 Å². The molecule has 2 atom stereocenters. The van der Waals surface area contributed by atoms with Crippen LogP contribution in [0.5, 0.6) is 0 Å². The normalized spacial score (nSPS) is 24.6. The average Bonchev–Trinajstić information content (AvgIpc) is 3.15. The van der Waals surface area contributed by atoms with Crippen molar-refractivity contribution in [3.63, 3.8) is 0 Å². The van der Waals surface area contributed by atoms with Gasteiger partial charge in [0, 0.05) is 17.7 Å². The first-order valence-electron chi connectivity index (χ1n) is 10.5. The van der Waals surface area contributed by atoms with Gasteiger partial charge in [-0.1, -0.05) is 41.5 Å². The van der Waals surface area contributed by atoms with Crippen molar-refractivity contribution >= 4 is 10.0 Å². The van der Waals surface area contributed by atoms with Gasteiger partial charge in [-0.3, -0.25) is 4.68 Å². The Kier molecular flexibility index (Phi) is 6.73. The molecule has 1 aliphatic heterocycles. The van der Waals surface area contributed by atoms with Crippen molar-refractivity contribution in [2.45, 2.75) is 110 Å². The van der Waals surface area contributed by atoms with Crippen molar-refractivity contribution in [3.8, 4) is 0 Å². The van der Waals surface area contributed by atoms with E-state index in [4.69, 9.17) is 4.74 Å². The lowest BCUT2D eigenvalue weighted by Crippen LogP contribution is -2.49. The van der Waals surface area contributed by atoms with Gasteiger partial charge in [0.05, 0.1) is 18.3 Å². The monoisotopic (exact) mass is 413 g/mol. The van der Waals surface area contributed by atoms with Gasteiger partial charge >= 0.3 is 0 Å². The first-order valence-corrected chi connectivity index (χ1v) is 12.0. The second-order valence-corrected chi connectivity index (χ2v) is 11.7. The molecule has 162 valence electrons. The summed E-state index contributed by atoms with van der Waals surface area (Å²) in [4.78, 5) is 0.313. The van der Waals surface area contributed by atoms with Crippen molar-refractivity contribution in [2.24, 2.45) is 5.92 Å². The van der Waals surface area contributed by atoms with Crippen molar-refractivity contribution in [1.29, 1.82) is 0 Å². The lowest BCUT2D eigenvalue weighted by Gasteiger charge is -2.36. The molecule has 2 heterocycles. The van der Waals surface area contributed by atoms with Crippen LogP contribution >= 0.6 is 0 Å². The summed E-state index contributed by atoms with van der Waals surface area (Å²) in [6.07, 6.45) is 4.02. The summed E-state index contributed by atoms with van der Waals surface area (Å²) in [5.41, 5.74) is -0.577. The van der Waals surface area contributed by atoms with Gasteiger partial charge in [0.1, 0.15) is 10.6 Å². The zero-order chi connectivity index (χ0) is 21.5. The minimum Gasteiger partial charge on any atom is -0.358 e. The summed E-state index contributed by atoms with van der Waals surface area (Å²) < 4.78 is 37.4. The van der Waals surface area contributed by atoms with E-state index in [-0.39, 0.29) is 17.5 Å². The number of ether oxygens (including phenoxy) is 1. The van der Waals surface area contributed by atoms with Crippen LogP contribution in [0.4, 0.5) is 0 Å². The van der Waals surface area contributed by atoms with Crippen LogP contribution < -0.4 is 0 Å². The molecule has 0 spiro atoms. The summed E-state index contributed by atoms with van der Waals surface area (Å²) in [5, 5.41) is 4.66. The van der Waals surface area contributed by atoms with Crippen molar-refractivity contribution in [1.82, 2.24) is 14.1 Å². The van der Waals surface area contributed by atoms with Gasteiger partial charge in [0.2, 0.25) is 10.0 Å². The Morgan fingerprint density at radius 3 is 2.36 bits per heavy atom. The minimum atomic E-state index is -3.76. The van der Waals surface area contributed by atoms with Crippen LogP contribution in [0.1, 0.15) is 93.3 Å². The van der Waals surface area contributed by atoms with Crippen LogP contribution in [0.15, 0.2) is 11.1 Å². The molecule has 0 aliphatic carbocycles. The highest BCUT2D eigenvalue weighted by atomic mass is 32.2. The van der Waals surface area contributed by atoms with Crippen LogP contribution in [0.25, 0.3) is 0 Å². The summed E-state index contributed by atoms with van der Waals surface area (Å²) >= 11 is 0. The number of aromatic nitrogens is 2. The Morgan fingerprint density at radius 1 is 1.29 bits per heavy atom. The molecule has 6 nitrogen and oxygen atoms in total. The molecule has 0 saturated carbocycles. The van der Waals surface area contributed by atoms with E-state index >= 15 is 0 Å². The van der Waals surface area contributed by atoms with E-state index in [1.807, 2.05) is 48.5 Å². The van der Waals surface area contributed by atoms with Gasteiger partial charge in [-0.2, -0.15) is 9.40 Å². The number of hydrogen-bond acceptors (Lipinski definition) is 4. The van der Waals surface area contributed by atoms with Gasteiger partial charge in [0.15, 0.2) is 0 Å². The fourth-order valence-corrected chi connectivity index (χ4v) is 6.02. The quantitative estimate of drug-likeness (QED) is 0.649. The SMILES string of the molecule is CCC1COC(C)(CCC(C)C)N1S(=O)(=O)c1cn(C(C)C)nc1C(C)(C)C.